The second-order valence-corrected chi connectivity index (χ2v) is 5.23. The van der Waals surface area contributed by atoms with E-state index in [1.807, 2.05) is 0 Å². The summed E-state index contributed by atoms with van der Waals surface area (Å²) < 4.78 is 32.6. The second-order valence-electron chi connectivity index (χ2n) is 4.79. The maximum absolute atomic E-state index is 13.5. The summed E-state index contributed by atoms with van der Waals surface area (Å²) in [6.45, 7) is 0.227. The van der Waals surface area contributed by atoms with Crippen LogP contribution >= 0.6 is 11.6 Å². The van der Waals surface area contributed by atoms with Gasteiger partial charge in [0.1, 0.15) is 0 Å². The Morgan fingerprint density at radius 1 is 1.44 bits per heavy atom. The van der Waals surface area contributed by atoms with E-state index >= 15 is 0 Å². The fourth-order valence-electron chi connectivity index (χ4n) is 2.58. The molecule has 3 rings (SSSR count). The molecule has 0 aliphatic carbocycles. The molecule has 0 amide bonds. The van der Waals surface area contributed by atoms with Crippen LogP contribution in [0.2, 0.25) is 5.02 Å². The van der Waals surface area contributed by atoms with Crippen molar-refractivity contribution < 1.29 is 13.5 Å². The lowest BCUT2D eigenvalue weighted by Gasteiger charge is -2.39. The van der Waals surface area contributed by atoms with Crippen molar-refractivity contribution in [2.45, 2.75) is 31.2 Å². The first kappa shape index (κ1) is 12.0. The standard InChI is InChI=1S/C12H13ClF2N2O/c13-8-5-10-11(16-6-8)17-7-12(14,15)3-1-9(17)2-4-18-10/h5-6,9H,1-4,7H2. The molecule has 3 heterocycles. The Hall–Kier alpha value is -1.10. The first-order valence-corrected chi connectivity index (χ1v) is 6.36. The largest absolute Gasteiger partial charge is 0.490 e. The number of pyridine rings is 1. The third-order valence-corrected chi connectivity index (χ3v) is 3.67. The fraction of sp³-hybridized carbons (Fsp3) is 0.583. The summed E-state index contributed by atoms with van der Waals surface area (Å²) in [4.78, 5) is 5.83. The molecule has 3 nitrogen and oxygen atoms in total. The number of nitrogens with zero attached hydrogens (tertiary/aromatic N) is 2. The Kier molecular flexibility index (Phi) is 2.81. The fourth-order valence-corrected chi connectivity index (χ4v) is 2.73. The summed E-state index contributed by atoms with van der Waals surface area (Å²) in [5.41, 5.74) is 0. The lowest BCUT2D eigenvalue weighted by molar-refractivity contribution is -0.0195. The lowest BCUT2D eigenvalue weighted by atomic mass is 9.97. The Morgan fingerprint density at radius 2 is 2.28 bits per heavy atom. The SMILES string of the molecule is FC1(F)CCC2CCOc3cc(Cl)cnc3N2C1. The molecular formula is C12H13ClF2N2O. The highest BCUT2D eigenvalue weighted by Gasteiger charge is 2.42. The molecule has 1 atom stereocenters. The third-order valence-electron chi connectivity index (χ3n) is 3.47. The molecule has 2 aliphatic heterocycles. The average molecular weight is 275 g/mol. The third kappa shape index (κ3) is 2.11. The molecule has 1 aromatic heterocycles. The molecule has 0 saturated carbocycles. The van der Waals surface area contributed by atoms with E-state index in [1.54, 1.807) is 11.0 Å². The number of aromatic nitrogens is 1. The summed E-state index contributed by atoms with van der Waals surface area (Å²) in [5, 5.41) is 0.455. The summed E-state index contributed by atoms with van der Waals surface area (Å²) in [6.07, 6.45) is 2.63. The number of alkyl halides is 2. The van der Waals surface area contributed by atoms with Gasteiger partial charge in [-0.05, 0) is 6.42 Å². The van der Waals surface area contributed by atoms with Crippen molar-refractivity contribution in [2.24, 2.45) is 0 Å². The van der Waals surface area contributed by atoms with Crippen LogP contribution in [-0.4, -0.2) is 30.1 Å². The van der Waals surface area contributed by atoms with Gasteiger partial charge in [0.2, 0.25) is 0 Å². The molecule has 18 heavy (non-hydrogen) atoms. The maximum atomic E-state index is 13.5. The van der Waals surface area contributed by atoms with Gasteiger partial charge < -0.3 is 9.64 Å². The average Bonchev–Trinajstić information content (AvgIpc) is 2.46. The number of piperidine rings is 1. The number of anilines is 1. The topological polar surface area (TPSA) is 25.4 Å². The first-order valence-electron chi connectivity index (χ1n) is 5.98. The summed E-state index contributed by atoms with van der Waals surface area (Å²) in [6, 6.07) is 1.72. The van der Waals surface area contributed by atoms with Crippen LogP contribution in [0.4, 0.5) is 14.6 Å². The van der Waals surface area contributed by atoms with Crippen LogP contribution in [0.1, 0.15) is 19.3 Å². The van der Waals surface area contributed by atoms with E-state index < -0.39 is 5.92 Å². The number of rotatable bonds is 0. The van der Waals surface area contributed by atoms with Gasteiger partial charge in [-0.1, -0.05) is 11.6 Å². The van der Waals surface area contributed by atoms with Gasteiger partial charge in [-0.2, -0.15) is 0 Å². The molecule has 0 N–H and O–H groups in total. The Bertz CT molecular complexity index is 469. The van der Waals surface area contributed by atoms with Crippen molar-refractivity contribution in [1.29, 1.82) is 0 Å². The predicted molar refractivity (Wildman–Crippen MR) is 64.7 cm³/mol. The van der Waals surface area contributed by atoms with Gasteiger partial charge in [-0.3, -0.25) is 0 Å². The van der Waals surface area contributed by atoms with Crippen LogP contribution in [0, 0.1) is 0 Å². The van der Waals surface area contributed by atoms with Gasteiger partial charge in [0, 0.05) is 31.1 Å². The first-order chi connectivity index (χ1) is 8.55. The minimum absolute atomic E-state index is 0.0584. The Morgan fingerprint density at radius 3 is 3.11 bits per heavy atom. The van der Waals surface area contributed by atoms with Crippen LogP contribution < -0.4 is 9.64 Å². The van der Waals surface area contributed by atoms with E-state index in [1.165, 1.54) is 6.20 Å². The van der Waals surface area contributed by atoms with Crippen molar-refractivity contribution in [2.75, 3.05) is 18.1 Å². The van der Waals surface area contributed by atoms with E-state index in [9.17, 15) is 8.78 Å². The summed E-state index contributed by atoms with van der Waals surface area (Å²) in [5.74, 6) is -1.66. The zero-order chi connectivity index (χ0) is 12.8. The molecule has 6 heteroatoms. The zero-order valence-corrected chi connectivity index (χ0v) is 10.5. The highest BCUT2D eigenvalue weighted by atomic mass is 35.5. The highest BCUT2D eigenvalue weighted by Crippen LogP contribution is 2.40. The molecule has 0 aromatic carbocycles. The van der Waals surface area contributed by atoms with Gasteiger partial charge in [-0.15, -0.1) is 0 Å². The van der Waals surface area contributed by atoms with Crippen LogP contribution in [0.5, 0.6) is 5.75 Å². The minimum Gasteiger partial charge on any atom is -0.490 e. The maximum Gasteiger partial charge on any atom is 0.265 e. The summed E-state index contributed by atoms with van der Waals surface area (Å²) in [7, 11) is 0. The molecule has 0 spiro atoms. The minimum atomic E-state index is -2.65. The van der Waals surface area contributed by atoms with E-state index in [0.717, 1.165) is 6.42 Å². The Balaban J connectivity index is 2.00. The molecule has 1 aromatic rings. The van der Waals surface area contributed by atoms with Crippen molar-refractivity contribution in [1.82, 2.24) is 4.98 Å². The van der Waals surface area contributed by atoms with Crippen LogP contribution in [0.15, 0.2) is 12.3 Å². The molecule has 0 radical (unpaired) electrons. The monoisotopic (exact) mass is 274 g/mol. The number of halogens is 3. The number of fused-ring (bicyclic) bond motifs is 3. The molecule has 1 fully saturated rings. The zero-order valence-electron chi connectivity index (χ0n) is 9.70. The summed E-state index contributed by atoms with van der Waals surface area (Å²) >= 11 is 5.85. The normalized spacial score (nSPS) is 25.7. The van der Waals surface area contributed by atoms with Crippen molar-refractivity contribution in [3.63, 3.8) is 0 Å². The van der Waals surface area contributed by atoms with E-state index in [0.29, 0.717) is 29.6 Å². The Labute approximate surface area is 109 Å². The number of ether oxygens (including phenoxy) is 1. The van der Waals surface area contributed by atoms with Gasteiger partial charge in [-0.25, -0.2) is 13.8 Å². The number of hydrogen-bond acceptors (Lipinski definition) is 3. The van der Waals surface area contributed by atoms with Crippen LogP contribution in [0.25, 0.3) is 0 Å². The lowest BCUT2D eigenvalue weighted by Crippen LogP contribution is -2.49. The number of hydrogen-bond donors (Lipinski definition) is 0. The quantitative estimate of drug-likeness (QED) is 0.727. The van der Waals surface area contributed by atoms with Gasteiger partial charge >= 0.3 is 0 Å². The van der Waals surface area contributed by atoms with Gasteiger partial charge in [0.25, 0.3) is 5.92 Å². The molecule has 0 bridgehead atoms. The highest BCUT2D eigenvalue weighted by molar-refractivity contribution is 6.30. The van der Waals surface area contributed by atoms with Crippen molar-refractivity contribution in [3.8, 4) is 5.75 Å². The smallest absolute Gasteiger partial charge is 0.265 e. The van der Waals surface area contributed by atoms with Crippen molar-refractivity contribution in [3.05, 3.63) is 17.3 Å². The molecule has 2 aliphatic rings. The van der Waals surface area contributed by atoms with Gasteiger partial charge in [0.05, 0.1) is 18.2 Å². The molecule has 98 valence electrons. The van der Waals surface area contributed by atoms with E-state index in [4.69, 9.17) is 16.3 Å². The van der Waals surface area contributed by atoms with Gasteiger partial charge in [0.15, 0.2) is 11.6 Å². The molecule has 1 unspecified atom stereocenters. The molecule has 1 saturated heterocycles. The molecular weight excluding hydrogens is 262 g/mol. The van der Waals surface area contributed by atoms with Crippen LogP contribution in [0.3, 0.4) is 0 Å². The predicted octanol–water partition coefficient (Wildman–Crippen LogP) is 3.12. The van der Waals surface area contributed by atoms with Crippen LogP contribution in [-0.2, 0) is 0 Å². The second kappa shape index (κ2) is 4.23. The van der Waals surface area contributed by atoms with E-state index in [-0.39, 0.29) is 19.0 Å². The van der Waals surface area contributed by atoms with E-state index in [2.05, 4.69) is 4.98 Å². The van der Waals surface area contributed by atoms with Crippen molar-refractivity contribution >= 4 is 17.4 Å².